The predicted molar refractivity (Wildman–Crippen MR) is 74.2 cm³/mol. The van der Waals surface area contributed by atoms with Crippen LogP contribution in [0, 0.1) is 16.0 Å². The van der Waals surface area contributed by atoms with Crippen molar-refractivity contribution in [3.63, 3.8) is 0 Å². The molecule has 7 heteroatoms. The number of benzene rings is 1. The van der Waals surface area contributed by atoms with Crippen LogP contribution >= 0.6 is 11.6 Å². The van der Waals surface area contributed by atoms with Crippen LogP contribution in [-0.4, -0.2) is 11.0 Å². The molecule has 0 aromatic heterocycles. The minimum absolute atomic E-state index is 0.0238. The fourth-order valence-electron chi connectivity index (χ4n) is 1.21. The molecule has 0 spiro atoms. The molecule has 0 aliphatic rings. The lowest BCUT2D eigenvalue weighted by molar-refractivity contribution is -0.384. The molecule has 0 aliphatic heterocycles. The van der Waals surface area contributed by atoms with Crippen molar-refractivity contribution < 1.29 is 9.72 Å². The number of carbonyl (C=O) groups is 1. The number of amides is 2. The minimum atomic E-state index is -0.607. The molecule has 2 amide bonds. The third-order valence-corrected chi connectivity index (χ3v) is 2.42. The van der Waals surface area contributed by atoms with Gasteiger partial charge in [0.25, 0.3) is 5.69 Å². The number of hydrogen-bond donors (Lipinski definition) is 2. The van der Waals surface area contributed by atoms with E-state index in [-0.39, 0.29) is 10.7 Å². The van der Waals surface area contributed by atoms with Crippen LogP contribution in [0.25, 0.3) is 0 Å². The third kappa shape index (κ3) is 4.97. The highest BCUT2D eigenvalue weighted by Gasteiger charge is 2.13. The number of nitrogens with one attached hydrogen (secondary N) is 2. The van der Waals surface area contributed by atoms with Crippen molar-refractivity contribution in [1.29, 1.82) is 0 Å². The van der Waals surface area contributed by atoms with Crippen molar-refractivity contribution in [1.82, 2.24) is 5.32 Å². The van der Waals surface area contributed by atoms with Gasteiger partial charge in [0.15, 0.2) is 0 Å². The topological polar surface area (TPSA) is 84.3 Å². The standard InChI is InChI=1S/C12H14ClN3O3/c1-8(2)5-6-14-12(17)15-9-3-4-10(13)11(7-9)16(18)19/h3-8H,1-2H3,(H2,14,15,17)/b6-5+. The summed E-state index contributed by atoms with van der Waals surface area (Å²) in [6, 6.07) is 3.57. The second kappa shape index (κ2) is 6.75. The number of halogens is 1. The van der Waals surface area contributed by atoms with Crippen molar-refractivity contribution in [2.45, 2.75) is 13.8 Å². The molecule has 19 heavy (non-hydrogen) atoms. The van der Waals surface area contributed by atoms with Crippen molar-refractivity contribution in [2.75, 3.05) is 5.32 Å². The molecule has 2 N–H and O–H groups in total. The molecular formula is C12H14ClN3O3. The molecule has 0 fully saturated rings. The number of allylic oxidation sites excluding steroid dienone is 1. The van der Waals surface area contributed by atoms with E-state index in [1.807, 2.05) is 19.9 Å². The van der Waals surface area contributed by atoms with Crippen LogP contribution in [0.5, 0.6) is 0 Å². The number of nitrogens with zero attached hydrogens (tertiary/aromatic N) is 1. The average molecular weight is 284 g/mol. The van der Waals surface area contributed by atoms with E-state index in [0.717, 1.165) is 0 Å². The van der Waals surface area contributed by atoms with Crippen LogP contribution in [0.4, 0.5) is 16.2 Å². The zero-order chi connectivity index (χ0) is 14.4. The Bertz CT molecular complexity index is 515. The number of nitro groups is 1. The number of urea groups is 1. The third-order valence-electron chi connectivity index (χ3n) is 2.10. The Morgan fingerprint density at radius 2 is 2.16 bits per heavy atom. The molecule has 0 aliphatic carbocycles. The maximum Gasteiger partial charge on any atom is 0.323 e. The molecule has 0 atom stereocenters. The van der Waals surface area contributed by atoms with Gasteiger partial charge in [-0.05, 0) is 18.1 Å². The second-order valence-corrected chi connectivity index (χ2v) is 4.53. The molecule has 0 saturated carbocycles. The Kier molecular flexibility index (Phi) is 5.32. The van der Waals surface area contributed by atoms with Gasteiger partial charge in [-0.3, -0.25) is 10.1 Å². The normalized spacial score (nSPS) is 10.7. The molecule has 0 heterocycles. The first kappa shape index (κ1) is 15.0. The highest BCUT2D eigenvalue weighted by Crippen LogP contribution is 2.27. The van der Waals surface area contributed by atoms with Gasteiger partial charge in [0.1, 0.15) is 5.02 Å². The van der Waals surface area contributed by atoms with E-state index in [1.165, 1.54) is 24.4 Å². The largest absolute Gasteiger partial charge is 0.323 e. The summed E-state index contributed by atoms with van der Waals surface area (Å²) < 4.78 is 0. The average Bonchev–Trinajstić information content (AvgIpc) is 2.30. The van der Waals surface area contributed by atoms with Crippen LogP contribution in [0.1, 0.15) is 13.8 Å². The summed E-state index contributed by atoms with van der Waals surface area (Å²) in [6.07, 6.45) is 3.33. The van der Waals surface area contributed by atoms with Crippen LogP contribution in [0.3, 0.4) is 0 Å². The fraction of sp³-hybridized carbons (Fsp3) is 0.250. The monoisotopic (exact) mass is 283 g/mol. The SMILES string of the molecule is CC(C)/C=C/NC(=O)Nc1ccc(Cl)c([N+](=O)[O-])c1. The zero-order valence-corrected chi connectivity index (χ0v) is 11.3. The van der Waals surface area contributed by atoms with E-state index in [1.54, 1.807) is 0 Å². The van der Waals surface area contributed by atoms with Gasteiger partial charge < -0.3 is 10.6 Å². The van der Waals surface area contributed by atoms with Crippen LogP contribution in [-0.2, 0) is 0 Å². The van der Waals surface area contributed by atoms with Gasteiger partial charge in [-0.2, -0.15) is 0 Å². The van der Waals surface area contributed by atoms with Crippen molar-refractivity contribution in [3.05, 3.63) is 45.6 Å². The second-order valence-electron chi connectivity index (χ2n) is 4.12. The van der Waals surface area contributed by atoms with Gasteiger partial charge in [0, 0.05) is 18.0 Å². The van der Waals surface area contributed by atoms with E-state index < -0.39 is 11.0 Å². The van der Waals surface area contributed by atoms with E-state index in [9.17, 15) is 14.9 Å². The lowest BCUT2D eigenvalue weighted by Crippen LogP contribution is -2.23. The van der Waals surface area contributed by atoms with Gasteiger partial charge >= 0.3 is 6.03 Å². The lowest BCUT2D eigenvalue weighted by atomic mass is 10.2. The molecule has 0 unspecified atom stereocenters. The lowest BCUT2D eigenvalue weighted by Gasteiger charge is -2.05. The van der Waals surface area contributed by atoms with E-state index >= 15 is 0 Å². The number of rotatable bonds is 4. The summed E-state index contributed by atoms with van der Waals surface area (Å²) in [5.41, 5.74) is 0.0451. The minimum Gasteiger partial charge on any atom is -0.315 e. The molecule has 0 radical (unpaired) electrons. The maximum atomic E-state index is 11.5. The van der Waals surface area contributed by atoms with E-state index in [4.69, 9.17) is 11.6 Å². The Morgan fingerprint density at radius 3 is 2.74 bits per heavy atom. The Balaban J connectivity index is 2.70. The summed E-state index contributed by atoms with van der Waals surface area (Å²) >= 11 is 5.67. The van der Waals surface area contributed by atoms with Gasteiger partial charge in [-0.15, -0.1) is 0 Å². The highest BCUT2D eigenvalue weighted by atomic mass is 35.5. The highest BCUT2D eigenvalue weighted by molar-refractivity contribution is 6.32. The molecule has 1 aromatic rings. The fourth-order valence-corrected chi connectivity index (χ4v) is 1.40. The molecule has 6 nitrogen and oxygen atoms in total. The van der Waals surface area contributed by atoms with Gasteiger partial charge in [0.2, 0.25) is 0 Å². The first-order valence-electron chi connectivity index (χ1n) is 5.58. The molecular weight excluding hydrogens is 270 g/mol. The van der Waals surface area contributed by atoms with Crippen molar-refractivity contribution in [3.8, 4) is 0 Å². The van der Waals surface area contributed by atoms with Gasteiger partial charge in [0.05, 0.1) is 4.92 Å². The molecule has 102 valence electrons. The summed E-state index contributed by atoms with van der Waals surface area (Å²) in [5.74, 6) is 0.317. The summed E-state index contributed by atoms with van der Waals surface area (Å²) in [6.45, 7) is 3.94. The quantitative estimate of drug-likeness (QED) is 0.655. The molecule has 1 rings (SSSR count). The van der Waals surface area contributed by atoms with E-state index in [2.05, 4.69) is 10.6 Å². The van der Waals surface area contributed by atoms with Gasteiger partial charge in [-0.1, -0.05) is 31.5 Å². The number of anilines is 1. The predicted octanol–water partition coefficient (Wildman–Crippen LogP) is 3.54. The number of nitro benzene ring substituents is 1. The number of hydrogen-bond acceptors (Lipinski definition) is 3. The molecule has 0 saturated heterocycles. The van der Waals surface area contributed by atoms with E-state index in [0.29, 0.717) is 11.6 Å². The van der Waals surface area contributed by atoms with Crippen molar-refractivity contribution in [2.24, 2.45) is 5.92 Å². The maximum absolute atomic E-state index is 11.5. The molecule has 0 bridgehead atoms. The Hall–Kier alpha value is -2.08. The van der Waals surface area contributed by atoms with Crippen LogP contribution < -0.4 is 10.6 Å². The Morgan fingerprint density at radius 1 is 1.47 bits per heavy atom. The molecule has 1 aromatic carbocycles. The Labute approximate surface area is 115 Å². The van der Waals surface area contributed by atoms with Crippen molar-refractivity contribution >= 4 is 29.0 Å². The number of carbonyl (C=O) groups excluding carboxylic acids is 1. The van der Waals surface area contributed by atoms with Crippen LogP contribution in [0.15, 0.2) is 30.5 Å². The summed E-state index contributed by atoms with van der Waals surface area (Å²) in [4.78, 5) is 21.6. The smallest absolute Gasteiger partial charge is 0.315 e. The van der Waals surface area contributed by atoms with Crippen LogP contribution in [0.2, 0.25) is 5.02 Å². The first-order chi connectivity index (χ1) is 8.90. The first-order valence-corrected chi connectivity index (χ1v) is 5.96. The summed E-state index contributed by atoms with van der Waals surface area (Å²) in [7, 11) is 0. The zero-order valence-electron chi connectivity index (χ0n) is 10.5. The summed E-state index contributed by atoms with van der Waals surface area (Å²) in [5, 5.41) is 15.7. The van der Waals surface area contributed by atoms with Gasteiger partial charge in [-0.25, -0.2) is 4.79 Å².